The third-order valence-electron chi connectivity index (χ3n) is 3.99. The molecule has 0 heterocycles. The molecule has 1 aliphatic rings. The molecule has 21 heavy (non-hydrogen) atoms. The van der Waals surface area contributed by atoms with Crippen LogP contribution in [0.4, 0.5) is 0 Å². The Morgan fingerprint density at radius 1 is 1.33 bits per heavy atom. The monoisotopic (exact) mass is 309 g/mol. The fourth-order valence-electron chi connectivity index (χ4n) is 2.79. The SMILES string of the molecule is C/C=C\C[C@@H]([C@H](C1CC1)N(C)O)S(=O)(=O)c1ccccc1. The Kier molecular flexibility index (Phi) is 5.19. The van der Waals surface area contributed by atoms with Crippen LogP contribution in [0.25, 0.3) is 0 Å². The molecule has 0 spiro atoms. The zero-order valence-electron chi connectivity index (χ0n) is 12.5. The highest BCUT2D eigenvalue weighted by Crippen LogP contribution is 2.39. The van der Waals surface area contributed by atoms with Crippen LogP contribution in [0.15, 0.2) is 47.4 Å². The van der Waals surface area contributed by atoms with Crippen molar-refractivity contribution in [2.45, 2.75) is 42.4 Å². The van der Waals surface area contributed by atoms with E-state index >= 15 is 0 Å². The number of nitrogens with zero attached hydrogens (tertiary/aromatic N) is 1. The normalized spacial score (nSPS) is 19.0. The molecule has 4 nitrogen and oxygen atoms in total. The smallest absolute Gasteiger partial charge is 0.183 e. The van der Waals surface area contributed by atoms with Crippen molar-refractivity contribution >= 4 is 9.84 Å². The van der Waals surface area contributed by atoms with Crippen LogP contribution in [-0.4, -0.2) is 37.0 Å². The van der Waals surface area contributed by atoms with E-state index in [4.69, 9.17) is 0 Å². The molecule has 2 rings (SSSR count). The van der Waals surface area contributed by atoms with E-state index in [9.17, 15) is 13.6 Å². The first-order chi connectivity index (χ1) is 9.98. The van der Waals surface area contributed by atoms with Crippen molar-refractivity contribution in [1.82, 2.24) is 5.06 Å². The number of hydrogen-bond acceptors (Lipinski definition) is 4. The molecule has 0 saturated heterocycles. The van der Waals surface area contributed by atoms with Gasteiger partial charge in [0.25, 0.3) is 0 Å². The molecule has 0 aromatic heterocycles. The molecule has 1 saturated carbocycles. The second kappa shape index (κ2) is 6.73. The molecular weight excluding hydrogens is 286 g/mol. The number of allylic oxidation sites excluding steroid dienone is 2. The van der Waals surface area contributed by atoms with E-state index in [0.717, 1.165) is 17.9 Å². The third kappa shape index (κ3) is 3.73. The number of sulfone groups is 1. The van der Waals surface area contributed by atoms with Gasteiger partial charge in [0.1, 0.15) is 0 Å². The van der Waals surface area contributed by atoms with Crippen molar-refractivity contribution in [2.24, 2.45) is 5.92 Å². The van der Waals surface area contributed by atoms with E-state index in [-0.39, 0.29) is 12.0 Å². The minimum Gasteiger partial charge on any atom is -0.314 e. The van der Waals surface area contributed by atoms with Gasteiger partial charge in [0, 0.05) is 7.05 Å². The van der Waals surface area contributed by atoms with Gasteiger partial charge in [-0.25, -0.2) is 8.42 Å². The van der Waals surface area contributed by atoms with Crippen molar-refractivity contribution < 1.29 is 13.6 Å². The van der Waals surface area contributed by atoms with Gasteiger partial charge < -0.3 is 5.21 Å². The van der Waals surface area contributed by atoms with Crippen molar-refractivity contribution in [3.05, 3.63) is 42.5 Å². The van der Waals surface area contributed by atoms with Crippen LogP contribution in [0.2, 0.25) is 0 Å². The third-order valence-corrected chi connectivity index (χ3v) is 6.19. The number of hydroxylamine groups is 2. The molecule has 1 N–H and O–H groups in total. The zero-order chi connectivity index (χ0) is 15.5. The standard InChI is InChI=1S/C16H23NO3S/c1-3-4-10-15(16(17(2)18)13-11-12-13)21(19,20)14-8-6-5-7-9-14/h3-9,13,15-16,18H,10-12H2,1-2H3/b4-3-/t15-,16-/m0/s1. The summed E-state index contributed by atoms with van der Waals surface area (Å²) in [7, 11) is -1.93. The summed E-state index contributed by atoms with van der Waals surface area (Å²) in [5.41, 5.74) is 0. The van der Waals surface area contributed by atoms with Crippen molar-refractivity contribution in [3.8, 4) is 0 Å². The Labute approximate surface area is 127 Å². The lowest BCUT2D eigenvalue weighted by molar-refractivity contribution is -0.109. The predicted molar refractivity (Wildman–Crippen MR) is 82.9 cm³/mol. The topological polar surface area (TPSA) is 57.6 Å². The molecule has 0 unspecified atom stereocenters. The highest BCUT2D eigenvalue weighted by molar-refractivity contribution is 7.92. The fourth-order valence-corrected chi connectivity index (χ4v) is 4.81. The zero-order valence-corrected chi connectivity index (χ0v) is 13.3. The largest absolute Gasteiger partial charge is 0.314 e. The molecule has 0 radical (unpaired) electrons. The second-order valence-corrected chi connectivity index (χ2v) is 7.77. The summed E-state index contributed by atoms with van der Waals surface area (Å²) in [5.74, 6) is 0.258. The summed E-state index contributed by atoms with van der Waals surface area (Å²) >= 11 is 0. The van der Waals surface area contributed by atoms with E-state index in [2.05, 4.69) is 0 Å². The Balaban J connectivity index is 2.39. The summed E-state index contributed by atoms with van der Waals surface area (Å²) in [5, 5.41) is 10.4. The maximum absolute atomic E-state index is 12.9. The van der Waals surface area contributed by atoms with Crippen LogP contribution in [0, 0.1) is 5.92 Å². The molecule has 0 amide bonds. The second-order valence-electron chi connectivity index (χ2n) is 5.60. The van der Waals surface area contributed by atoms with Crippen LogP contribution in [0.1, 0.15) is 26.2 Å². The molecule has 5 heteroatoms. The lowest BCUT2D eigenvalue weighted by Gasteiger charge is -2.30. The van der Waals surface area contributed by atoms with Gasteiger partial charge in [-0.1, -0.05) is 30.4 Å². The first-order valence-electron chi connectivity index (χ1n) is 7.30. The van der Waals surface area contributed by atoms with Crippen molar-refractivity contribution in [1.29, 1.82) is 0 Å². The maximum atomic E-state index is 12.9. The molecule has 1 aromatic rings. The molecule has 2 atom stereocenters. The van der Waals surface area contributed by atoms with Crippen molar-refractivity contribution in [3.63, 3.8) is 0 Å². The van der Waals surface area contributed by atoms with Gasteiger partial charge in [-0.05, 0) is 44.2 Å². The van der Waals surface area contributed by atoms with Gasteiger partial charge in [-0.2, -0.15) is 5.06 Å². The highest BCUT2D eigenvalue weighted by atomic mass is 32.2. The van der Waals surface area contributed by atoms with E-state index in [0.29, 0.717) is 11.3 Å². The fraction of sp³-hybridized carbons (Fsp3) is 0.500. The first kappa shape index (κ1) is 16.2. The van der Waals surface area contributed by atoms with Crippen LogP contribution in [-0.2, 0) is 9.84 Å². The van der Waals surface area contributed by atoms with E-state index < -0.39 is 15.1 Å². The average molecular weight is 309 g/mol. The average Bonchev–Trinajstić information content (AvgIpc) is 3.28. The molecule has 1 fully saturated rings. The van der Waals surface area contributed by atoms with E-state index in [1.54, 1.807) is 37.4 Å². The Hall–Kier alpha value is -1.17. The van der Waals surface area contributed by atoms with Crippen LogP contribution in [0.3, 0.4) is 0 Å². The van der Waals surface area contributed by atoms with Gasteiger partial charge >= 0.3 is 0 Å². The van der Waals surface area contributed by atoms with Gasteiger partial charge in [0.15, 0.2) is 9.84 Å². The van der Waals surface area contributed by atoms with Crippen LogP contribution in [0.5, 0.6) is 0 Å². The Morgan fingerprint density at radius 3 is 2.43 bits per heavy atom. The first-order valence-corrected chi connectivity index (χ1v) is 8.85. The molecular formula is C16H23NO3S. The number of hydrogen-bond donors (Lipinski definition) is 1. The molecule has 1 aliphatic carbocycles. The van der Waals surface area contributed by atoms with E-state index in [1.165, 1.54) is 0 Å². The highest BCUT2D eigenvalue weighted by Gasteiger charge is 2.44. The summed E-state index contributed by atoms with van der Waals surface area (Å²) in [6.07, 6.45) is 6.09. The predicted octanol–water partition coefficient (Wildman–Crippen LogP) is 2.89. The minimum atomic E-state index is -3.48. The Bertz CT molecular complexity index is 575. The van der Waals surface area contributed by atoms with Gasteiger partial charge in [0.2, 0.25) is 0 Å². The van der Waals surface area contributed by atoms with Crippen LogP contribution < -0.4 is 0 Å². The van der Waals surface area contributed by atoms with Crippen LogP contribution >= 0.6 is 0 Å². The lowest BCUT2D eigenvalue weighted by atomic mass is 10.1. The summed E-state index contributed by atoms with van der Waals surface area (Å²) < 4.78 is 25.9. The summed E-state index contributed by atoms with van der Waals surface area (Å²) in [6.45, 7) is 1.88. The summed E-state index contributed by atoms with van der Waals surface area (Å²) in [4.78, 5) is 0.326. The van der Waals surface area contributed by atoms with Gasteiger partial charge in [0.05, 0.1) is 16.2 Å². The van der Waals surface area contributed by atoms with Gasteiger partial charge in [-0.3, -0.25) is 0 Å². The van der Waals surface area contributed by atoms with E-state index in [1.807, 2.05) is 19.1 Å². The molecule has 1 aromatic carbocycles. The van der Waals surface area contributed by atoms with Crippen molar-refractivity contribution in [2.75, 3.05) is 7.05 Å². The van der Waals surface area contributed by atoms with Gasteiger partial charge in [-0.15, -0.1) is 0 Å². The number of rotatable bonds is 7. The quantitative estimate of drug-likeness (QED) is 0.621. The molecule has 116 valence electrons. The Morgan fingerprint density at radius 2 is 1.95 bits per heavy atom. The number of benzene rings is 1. The minimum absolute atomic E-state index is 0.258. The molecule has 0 aliphatic heterocycles. The molecule has 0 bridgehead atoms. The lowest BCUT2D eigenvalue weighted by Crippen LogP contribution is -2.45. The maximum Gasteiger partial charge on any atom is 0.183 e. The summed E-state index contributed by atoms with van der Waals surface area (Å²) in [6, 6.07) is 8.16.